The van der Waals surface area contributed by atoms with Gasteiger partial charge >= 0.3 is 0 Å². The van der Waals surface area contributed by atoms with E-state index in [1.165, 1.54) is 0 Å². The monoisotopic (exact) mass is 336 g/mol. The molecule has 3 rings (SSSR count). The maximum atomic E-state index is 6.12. The van der Waals surface area contributed by atoms with E-state index in [1.807, 2.05) is 48.1 Å². The van der Waals surface area contributed by atoms with E-state index in [2.05, 4.69) is 40.7 Å². The van der Waals surface area contributed by atoms with Crippen molar-refractivity contribution in [2.24, 2.45) is 0 Å². The molecule has 2 heterocycles. The van der Waals surface area contributed by atoms with Gasteiger partial charge in [-0.15, -0.1) is 0 Å². The molecule has 130 valence electrons. The molecule has 0 radical (unpaired) electrons. The van der Waals surface area contributed by atoms with Gasteiger partial charge in [-0.2, -0.15) is 5.10 Å². The molecule has 1 aromatic carbocycles. The maximum absolute atomic E-state index is 6.12. The van der Waals surface area contributed by atoms with Crippen molar-refractivity contribution in [3.05, 3.63) is 72.2 Å². The van der Waals surface area contributed by atoms with Crippen LogP contribution < -0.4 is 10.1 Å². The maximum Gasteiger partial charge on any atom is 0.169 e. The second-order valence-corrected chi connectivity index (χ2v) is 5.99. The van der Waals surface area contributed by atoms with E-state index in [-0.39, 0.29) is 6.10 Å². The van der Waals surface area contributed by atoms with Crippen molar-refractivity contribution in [2.75, 3.05) is 5.32 Å². The normalized spacial score (nSPS) is 11.9. The van der Waals surface area contributed by atoms with Crippen molar-refractivity contribution in [3.63, 3.8) is 0 Å². The molecule has 0 saturated carbocycles. The van der Waals surface area contributed by atoms with Crippen LogP contribution in [-0.2, 0) is 13.1 Å². The molecule has 5 heteroatoms. The molecule has 1 N–H and O–H groups in total. The van der Waals surface area contributed by atoms with E-state index in [4.69, 9.17) is 4.74 Å². The summed E-state index contributed by atoms with van der Waals surface area (Å²) < 4.78 is 8.08. The van der Waals surface area contributed by atoms with Crippen molar-refractivity contribution < 1.29 is 4.74 Å². The van der Waals surface area contributed by atoms with Gasteiger partial charge in [0.1, 0.15) is 6.10 Å². The number of anilines is 1. The molecule has 0 unspecified atom stereocenters. The van der Waals surface area contributed by atoms with Crippen LogP contribution in [0.4, 0.5) is 5.82 Å². The standard InChI is InChI=1S/C20H24N4O/c1-3-12-24-15-17(14-23-24)13-22-20-19(10-7-11-21-20)25-16(2)18-8-5-4-6-9-18/h4-11,14-16H,3,12-13H2,1-2H3,(H,21,22)/t16-/m0/s1. The summed E-state index contributed by atoms with van der Waals surface area (Å²) in [6, 6.07) is 14.0. The first kappa shape index (κ1) is 17.0. The van der Waals surface area contributed by atoms with Crippen LogP contribution in [-0.4, -0.2) is 14.8 Å². The smallest absolute Gasteiger partial charge is 0.169 e. The number of nitrogens with zero attached hydrogens (tertiary/aromatic N) is 3. The van der Waals surface area contributed by atoms with Gasteiger partial charge in [0.2, 0.25) is 0 Å². The van der Waals surface area contributed by atoms with Crippen molar-refractivity contribution >= 4 is 5.82 Å². The summed E-state index contributed by atoms with van der Waals surface area (Å²) in [6.45, 7) is 5.79. The van der Waals surface area contributed by atoms with Gasteiger partial charge in [0.25, 0.3) is 0 Å². The van der Waals surface area contributed by atoms with E-state index >= 15 is 0 Å². The van der Waals surface area contributed by atoms with Crippen LogP contribution in [0.1, 0.15) is 37.5 Å². The van der Waals surface area contributed by atoms with Crippen molar-refractivity contribution in [1.82, 2.24) is 14.8 Å². The van der Waals surface area contributed by atoms with Gasteiger partial charge in [-0.3, -0.25) is 4.68 Å². The number of pyridine rings is 1. The Morgan fingerprint density at radius 3 is 2.80 bits per heavy atom. The van der Waals surface area contributed by atoms with Crippen LogP contribution in [0.2, 0.25) is 0 Å². The zero-order valence-corrected chi connectivity index (χ0v) is 14.7. The predicted octanol–water partition coefficient (Wildman–Crippen LogP) is 4.44. The fraction of sp³-hybridized carbons (Fsp3) is 0.300. The van der Waals surface area contributed by atoms with Crippen molar-refractivity contribution in [1.29, 1.82) is 0 Å². The molecule has 2 aromatic heterocycles. The Morgan fingerprint density at radius 1 is 1.16 bits per heavy atom. The van der Waals surface area contributed by atoms with Crippen LogP contribution in [0.15, 0.2) is 61.1 Å². The number of hydrogen-bond donors (Lipinski definition) is 1. The van der Waals surface area contributed by atoms with Crippen LogP contribution in [0, 0.1) is 0 Å². The Bertz CT molecular complexity index is 785. The molecule has 0 bridgehead atoms. The van der Waals surface area contributed by atoms with Gasteiger partial charge in [-0.1, -0.05) is 37.3 Å². The number of aromatic nitrogens is 3. The van der Waals surface area contributed by atoms with Crippen LogP contribution in [0.3, 0.4) is 0 Å². The third-order valence-corrected chi connectivity index (χ3v) is 3.94. The number of rotatable bonds is 8. The molecule has 0 amide bonds. The summed E-state index contributed by atoms with van der Waals surface area (Å²) in [4.78, 5) is 4.42. The highest BCUT2D eigenvalue weighted by Crippen LogP contribution is 2.27. The molecule has 25 heavy (non-hydrogen) atoms. The third-order valence-electron chi connectivity index (χ3n) is 3.94. The summed E-state index contributed by atoms with van der Waals surface area (Å²) in [5.41, 5.74) is 2.26. The van der Waals surface area contributed by atoms with Gasteiger partial charge in [-0.05, 0) is 31.0 Å². The molecule has 0 fully saturated rings. The minimum atomic E-state index is -0.0433. The van der Waals surface area contributed by atoms with Crippen molar-refractivity contribution in [2.45, 2.75) is 39.5 Å². The molecule has 3 aromatic rings. The van der Waals surface area contributed by atoms with Gasteiger partial charge in [-0.25, -0.2) is 4.98 Å². The molecule has 5 nitrogen and oxygen atoms in total. The lowest BCUT2D eigenvalue weighted by atomic mass is 10.1. The number of aryl methyl sites for hydroxylation is 1. The lowest BCUT2D eigenvalue weighted by Gasteiger charge is -2.17. The van der Waals surface area contributed by atoms with E-state index in [9.17, 15) is 0 Å². The minimum Gasteiger partial charge on any atom is -0.482 e. The first-order chi connectivity index (χ1) is 12.3. The highest BCUT2D eigenvalue weighted by Gasteiger charge is 2.11. The molecule has 0 saturated heterocycles. The van der Waals surface area contributed by atoms with E-state index in [0.717, 1.165) is 35.7 Å². The first-order valence-electron chi connectivity index (χ1n) is 8.68. The fourth-order valence-corrected chi connectivity index (χ4v) is 2.64. The lowest BCUT2D eigenvalue weighted by Crippen LogP contribution is -2.07. The van der Waals surface area contributed by atoms with Gasteiger partial charge in [0.05, 0.1) is 6.20 Å². The molecular weight excluding hydrogens is 312 g/mol. The number of hydrogen-bond acceptors (Lipinski definition) is 4. The Kier molecular flexibility index (Phi) is 5.67. The van der Waals surface area contributed by atoms with Gasteiger partial charge in [0, 0.05) is 31.0 Å². The zero-order chi connectivity index (χ0) is 17.5. The average Bonchev–Trinajstić information content (AvgIpc) is 3.09. The summed E-state index contributed by atoms with van der Waals surface area (Å²) in [5, 5.41) is 7.71. The fourth-order valence-electron chi connectivity index (χ4n) is 2.64. The number of nitrogens with one attached hydrogen (secondary N) is 1. The molecule has 1 atom stereocenters. The largest absolute Gasteiger partial charge is 0.482 e. The molecule has 0 aliphatic carbocycles. The van der Waals surface area contributed by atoms with Crippen LogP contribution in [0.25, 0.3) is 0 Å². The first-order valence-corrected chi connectivity index (χ1v) is 8.68. The summed E-state index contributed by atoms with van der Waals surface area (Å²) >= 11 is 0. The Morgan fingerprint density at radius 2 is 2.00 bits per heavy atom. The molecular formula is C20H24N4O. The van der Waals surface area contributed by atoms with Gasteiger partial charge in [0.15, 0.2) is 11.6 Å². The number of benzene rings is 1. The van der Waals surface area contributed by atoms with Crippen LogP contribution >= 0.6 is 0 Å². The zero-order valence-electron chi connectivity index (χ0n) is 14.7. The summed E-state index contributed by atoms with van der Waals surface area (Å²) in [6.07, 6.45) is 6.75. The van der Waals surface area contributed by atoms with E-state index in [0.29, 0.717) is 6.54 Å². The van der Waals surface area contributed by atoms with E-state index < -0.39 is 0 Å². The Balaban J connectivity index is 1.66. The SMILES string of the molecule is CCCn1cc(CNc2ncccc2O[C@@H](C)c2ccccc2)cn1. The topological polar surface area (TPSA) is 52.0 Å². The third kappa shape index (κ3) is 4.59. The van der Waals surface area contributed by atoms with Crippen LogP contribution in [0.5, 0.6) is 5.75 Å². The van der Waals surface area contributed by atoms with Crippen molar-refractivity contribution in [3.8, 4) is 5.75 Å². The van der Waals surface area contributed by atoms with Gasteiger partial charge < -0.3 is 10.1 Å². The molecule has 0 spiro atoms. The molecule has 0 aliphatic heterocycles. The highest BCUT2D eigenvalue weighted by atomic mass is 16.5. The highest BCUT2D eigenvalue weighted by molar-refractivity contribution is 5.50. The lowest BCUT2D eigenvalue weighted by molar-refractivity contribution is 0.227. The Labute approximate surface area is 148 Å². The van der Waals surface area contributed by atoms with E-state index in [1.54, 1.807) is 6.20 Å². The average molecular weight is 336 g/mol. The quantitative estimate of drug-likeness (QED) is 0.661. The Hall–Kier alpha value is -2.82. The molecule has 0 aliphatic rings. The summed E-state index contributed by atoms with van der Waals surface area (Å²) in [7, 11) is 0. The second kappa shape index (κ2) is 8.33. The number of ether oxygens (including phenoxy) is 1. The minimum absolute atomic E-state index is 0.0433. The summed E-state index contributed by atoms with van der Waals surface area (Å²) in [5.74, 6) is 1.49. The second-order valence-electron chi connectivity index (χ2n) is 5.99. The predicted molar refractivity (Wildman–Crippen MR) is 99.6 cm³/mol.